The van der Waals surface area contributed by atoms with Crippen molar-refractivity contribution in [3.8, 4) is 0 Å². The zero-order chi connectivity index (χ0) is 21.9. The molecule has 30 heavy (non-hydrogen) atoms. The van der Waals surface area contributed by atoms with Crippen LogP contribution < -0.4 is 10.6 Å². The SMILES string of the molecule is CCCCC(CC)c1nnc(NC(=O)C(CCC)NC(=O)[C@H](O)c2ccccc2)s1. The van der Waals surface area contributed by atoms with Crippen molar-refractivity contribution in [1.29, 1.82) is 0 Å². The highest BCUT2D eigenvalue weighted by molar-refractivity contribution is 7.15. The van der Waals surface area contributed by atoms with Gasteiger partial charge in [0.1, 0.15) is 11.0 Å². The molecule has 3 atom stereocenters. The summed E-state index contributed by atoms with van der Waals surface area (Å²) in [5.41, 5.74) is 0.483. The fraction of sp³-hybridized carbons (Fsp3) is 0.545. The third-order valence-electron chi connectivity index (χ3n) is 4.99. The molecule has 0 saturated heterocycles. The Kier molecular flexibility index (Phi) is 9.89. The van der Waals surface area contributed by atoms with E-state index in [2.05, 4.69) is 34.7 Å². The van der Waals surface area contributed by atoms with Crippen LogP contribution in [0.2, 0.25) is 0 Å². The van der Waals surface area contributed by atoms with Crippen LogP contribution in [0.3, 0.4) is 0 Å². The van der Waals surface area contributed by atoms with Gasteiger partial charge in [-0.3, -0.25) is 14.9 Å². The number of unbranched alkanes of at least 4 members (excludes halogenated alkanes) is 1. The number of hydrogen-bond donors (Lipinski definition) is 3. The van der Waals surface area contributed by atoms with E-state index in [0.29, 0.717) is 29.5 Å². The summed E-state index contributed by atoms with van der Waals surface area (Å²) in [6.45, 7) is 6.23. The fourth-order valence-electron chi connectivity index (χ4n) is 3.19. The molecule has 0 aliphatic carbocycles. The van der Waals surface area contributed by atoms with E-state index in [1.165, 1.54) is 11.3 Å². The van der Waals surface area contributed by atoms with Gasteiger partial charge in [0.15, 0.2) is 6.10 Å². The number of benzene rings is 1. The maximum absolute atomic E-state index is 12.7. The van der Waals surface area contributed by atoms with Crippen molar-refractivity contribution >= 4 is 28.3 Å². The molecular formula is C22H32N4O3S. The van der Waals surface area contributed by atoms with Crippen LogP contribution in [0.15, 0.2) is 30.3 Å². The number of carbonyl (C=O) groups excluding carboxylic acids is 2. The van der Waals surface area contributed by atoms with Crippen LogP contribution >= 0.6 is 11.3 Å². The highest BCUT2D eigenvalue weighted by atomic mass is 32.1. The summed E-state index contributed by atoms with van der Waals surface area (Å²) in [5, 5.41) is 25.4. The van der Waals surface area contributed by atoms with Crippen molar-refractivity contribution < 1.29 is 14.7 Å². The van der Waals surface area contributed by atoms with Crippen LogP contribution in [0, 0.1) is 0 Å². The first-order chi connectivity index (χ1) is 14.5. The molecular weight excluding hydrogens is 400 g/mol. The number of rotatable bonds is 12. The molecule has 7 nitrogen and oxygen atoms in total. The number of aliphatic hydroxyl groups excluding tert-OH is 1. The van der Waals surface area contributed by atoms with Crippen LogP contribution in [0.4, 0.5) is 5.13 Å². The van der Waals surface area contributed by atoms with E-state index >= 15 is 0 Å². The van der Waals surface area contributed by atoms with Gasteiger partial charge in [0.2, 0.25) is 11.0 Å². The van der Waals surface area contributed by atoms with E-state index in [1.807, 2.05) is 13.0 Å². The summed E-state index contributed by atoms with van der Waals surface area (Å²) in [6, 6.07) is 7.90. The number of aliphatic hydroxyl groups is 1. The first-order valence-corrected chi connectivity index (χ1v) is 11.5. The van der Waals surface area contributed by atoms with Crippen molar-refractivity contribution in [1.82, 2.24) is 15.5 Å². The summed E-state index contributed by atoms with van der Waals surface area (Å²) < 4.78 is 0. The molecule has 2 rings (SSSR count). The maximum Gasteiger partial charge on any atom is 0.254 e. The Balaban J connectivity index is 2.01. The Bertz CT molecular complexity index is 797. The van der Waals surface area contributed by atoms with E-state index in [4.69, 9.17) is 0 Å². The van der Waals surface area contributed by atoms with Gasteiger partial charge < -0.3 is 10.4 Å². The molecule has 8 heteroatoms. The van der Waals surface area contributed by atoms with E-state index < -0.39 is 18.1 Å². The Morgan fingerprint density at radius 3 is 2.40 bits per heavy atom. The standard InChI is InChI=1S/C22H32N4O3S/c1-4-7-12-15(6-3)21-25-26-22(30-21)24-19(28)17(11-5-2)23-20(29)18(27)16-13-9-8-10-14-16/h8-10,13-15,17-18,27H,4-7,11-12H2,1-3H3,(H,23,29)(H,24,26,28)/t15?,17?,18-/m1/s1. The first-order valence-electron chi connectivity index (χ1n) is 10.7. The lowest BCUT2D eigenvalue weighted by Gasteiger charge is -2.19. The second-order valence-corrected chi connectivity index (χ2v) is 8.35. The molecule has 1 aromatic heterocycles. The molecule has 0 aliphatic heterocycles. The van der Waals surface area contributed by atoms with E-state index in [-0.39, 0.29) is 5.91 Å². The van der Waals surface area contributed by atoms with Crippen molar-refractivity contribution in [2.75, 3.05) is 5.32 Å². The first kappa shape index (κ1) is 24.0. The smallest absolute Gasteiger partial charge is 0.254 e. The number of anilines is 1. The average molecular weight is 433 g/mol. The van der Waals surface area contributed by atoms with Gasteiger partial charge in [-0.15, -0.1) is 10.2 Å². The molecule has 164 valence electrons. The highest BCUT2D eigenvalue weighted by Crippen LogP contribution is 2.30. The monoisotopic (exact) mass is 432 g/mol. The Hall–Kier alpha value is -2.32. The van der Waals surface area contributed by atoms with Crippen molar-refractivity contribution in [2.24, 2.45) is 0 Å². The van der Waals surface area contributed by atoms with Crippen molar-refractivity contribution in [2.45, 2.75) is 77.4 Å². The zero-order valence-corrected chi connectivity index (χ0v) is 18.7. The van der Waals surface area contributed by atoms with Crippen molar-refractivity contribution in [3.63, 3.8) is 0 Å². The fourth-order valence-corrected chi connectivity index (χ4v) is 4.15. The Morgan fingerprint density at radius 1 is 1.03 bits per heavy atom. The summed E-state index contributed by atoms with van der Waals surface area (Å²) in [6.07, 6.45) is 4.14. The van der Waals surface area contributed by atoms with Gasteiger partial charge >= 0.3 is 0 Å². The summed E-state index contributed by atoms with van der Waals surface area (Å²) in [7, 11) is 0. The van der Waals surface area contributed by atoms with Crippen LogP contribution in [0.25, 0.3) is 0 Å². The van der Waals surface area contributed by atoms with Gasteiger partial charge in [0.05, 0.1) is 0 Å². The molecule has 3 N–H and O–H groups in total. The molecule has 0 bridgehead atoms. The second-order valence-electron chi connectivity index (χ2n) is 7.35. The highest BCUT2D eigenvalue weighted by Gasteiger charge is 2.26. The minimum absolute atomic E-state index is 0.347. The lowest BCUT2D eigenvalue weighted by Crippen LogP contribution is -2.45. The van der Waals surface area contributed by atoms with Gasteiger partial charge in [-0.2, -0.15) is 0 Å². The van der Waals surface area contributed by atoms with Crippen LogP contribution in [0.1, 0.15) is 81.9 Å². The van der Waals surface area contributed by atoms with Crippen molar-refractivity contribution in [3.05, 3.63) is 40.9 Å². The lowest BCUT2D eigenvalue weighted by atomic mass is 10.0. The predicted molar refractivity (Wildman–Crippen MR) is 119 cm³/mol. The molecule has 2 aromatic rings. The molecule has 0 aliphatic rings. The minimum atomic E-state index is -1.32. The molecule has 0 fully saturated rings. The van der Waals surface area contributed by atoms with Crippen LogP contribution in [-0.4, -0.2) is 33.2 Å². The third kappa shape index (κ3) is 6.88. The molecule has 2 amide bonds. The van der Waals surface area contributed by atoms with Crippen LogP contribution in [-0.2, 0) is 9.59 Å². The Labute approximate surface area is 182 Å². The minimum Gasteiger partial charge on any atom is -0.378 e. The number of nitrogens with one attached hydrogen (secondary N) is 2. The number of nitrogens with zero attached hydrogens (tertiary/aromatic N) is 2. The second kappa shape index (κ2) is 12.4. The Morgan fingerprint density at radius 2 is 1.77 bits per heavy atom. The van der Waals surface area contributed by atoms with E-state index in [0.717, 1.165) is 30.7 Å². The van der Waals surface area contributed by atoms with Gasteiger partial charge in [-0.05, 0) is 24.8 Å². The third-order valence-corrected chi connectivity index (χ3v) is 5.99. The largest absolute Gasteiger partial charge is 0.378 e. The molecule has 0 saturated carbocycles. The maximum atomic E-state index is 12.7. The van der Waals surface area contributed by atoms with Gasteiger partial charge in [-0.25, -0.2) is 0 Å². The van der Waals surface area contributed by atoms with Gasteiger partial charge in [0.25, 0.3) is 5.91 Å². The number of amides is 2. The summed E-state index contributed by atoms with van der Waals surface area (Å²) in [4.78, 5) is 25.2. The molecule has 0 radical (unpaired) electrons. The van der Waals surface area contributed by atoms with Gasteiger partial charge in [0, 0.05) is 5.92 Å². The topological polar surface area (TPSA) is 104 Å². The number of aromatic nitrogens is 2. The van der Waals surface area contributed by atoms with Gasteiger partial charge in [-0.1, -0.05) is 81.7 Å². The quantitative estimate of drug-likeness (QED) is 0.467. The van der Waals surface area contributed by atoms with E-state index in [9.17, 15) is 14.7 Å². The lowest BCUT2D eigenvalue weighted by molar-refractivity contribution is -0.133. The zero-order valence-electron chi connectivity index (χ0n) is 17.9. The number of carbonyl (C=O) groups is 2. The van der Waals surface area contributed by atoms with Crippen LogP contribution in [0.5, 0.6) is 0 Å². The van der Waals surface area contributed by atoms with E-state index in [1.54, 1.807) is 24.3 Å². The molecule has 2 unspecified atom stereocenters. The molecule has 0 spiro atoms. The normalized spacial score (nSPS) is 14.0. The molecule has 1 aromatic carbocycles. The predicted octanol–water partition coefficient (Wildman–Crippen LogP) is 4.18. The number of hydrogen-bond acceptors (Lipinski definition) is 6. The average Bonchev–Trinajstić information content (AvgIpc) is 3.22. The summed E-state index contributed by atoms with van der Waals surface area (Å²) >= 11 is 1.39. The summed E-state index contributed by atoms with van der Waals surface area (Å²) in [5.74, 6) is -0.603. The molecule has 1 heterocycles.